The Morgan fingerprint density at radius 3 is 2.44 bits per heavy atom. The molecule has 2 aromatic rings. The van der Waals surface area contributed by atoms with E-state index in [4.69, 9.17) is 9.47 Å². The first-order valence-corrected chi connectivity index (χ1v) is 5.57. The van der Waals surface area contributed by atoms with Crippen molar-refractivity contribution in [3.05, 3.63) is 53.7 Å². The van der Waals surface area contributed by atoms with Gasteiger partial charge < -0.3 is 14.6 Å². The molecule has 94 valence electrons. The van der Waals surface area contributed by atoms with Gasteiger partial charge in [-0.2, -0.15) is 0 Å². The lowest BCUT2D eigenvalue weighted by molar-refractivity contribution is 0.208. The minimum Gasteiger partial charge on any atom is -0.496 e. The molecule has 0 saturated heterocycles. The van der Waals surface area contributed by atoms with Crippen molar-refractivity contribution < 1.29 is 14.6 Å². The summed E-state index contributed by atoms with van der Waals surface area (Å²) in [5.41, 5.74) is 1.30. The molecule has 1 aromatic carbocycles. The number of rotatable bonds is 4. The number of benzene rings is 1. The van der Waals surface area contributed by atoms with Crippen molar-refractivity contribution in [2.45, 2.75) is 6.10 Å². The predicted molar refractivity (Wildman–Crippen MR) is 67.8 cm³/mol. The molecule has 1 heterocycles. The first kappa shape index (κ1) is 12.4. The highest BCUT2D eigenvalue weighted by atomic mass is 16.5. The van der Waals surface area contributed by atoms with Gasteiger partial charge in [0.05, 0.1) is 14.2 Å². The molecule has 0 saturated carbocycles. The van der Waals surface area contributed by atoms with Crippen LogP contribution in [0.2, 0.25) is 0 Å². The highest BCUT2D eigenvalue weighted by Crippen LogP contribution is 2.33. The van der Waals surface area contributed by atoms with Crippen LogP contribution in [-0.4, -0.2) is 24.3 Å². The lowest BCUT2D eigenvalue weighted by Crippen LogP contribution is -2.05. The highest BCUT2D eigenvalue weighted by molar-refractivity contribution is 5.42. The van der Waals surface area contributed by atoms with Gasteiger partial charge in [0.2, 0.25) is 5.88 Å². The summed E-state index contributed by atoms with van der Waals surface area (Å²) in [6, 6.07) is 10.9. The molecule has 0 aliphatic carbocycles. The van der Waals surface area contributed by atoms with Crippen LogP contribution < -0.4 is 9.47 Å². The lowest BCUT2D eigenvalue weighted by atomic mass is 10.0. The maximum atomic E-state index is 10.4. The van der Waals surface area contributed by atoms with Crippen LogP contribution in [0.5, 0.6) is 11.6 Å². The zero-order valence-electron chi connectivity index (χ0n) is 10.3. The summed E-state index contributed by atoms with van der Waals surface area (Å²) >= 11 is 0. The van der Waals surface area contributed by atoms with Gasteiger partial charge in [-0.05, 0) is 18.2 Å². The number of nitrogens with zero attached hydrogens (tertiary/aromatic N) is 1. The second-order valence-electron chi connectivity index (χ2n) is 3.75. The van der Waals surface area contributed by atoms with Crippen LogP contribution in [0.25, 0.3) is 0 Å². The van der Waals surface area contributed by atoms with Crippen LogP contribution in [0.1, 0.15) is 17.2 Å². The molecular formula is C14H15NO3. The van der Waals surface area contributed by atoms with Crippen molar-refractivity contribution in [3.63, 3.8) is 0 Å². The first-order chi connectivity index (χ1) is 8.77. The average molecular weight is 245 g/mol. The smallest absolute Gasteiger partial charge is 0.219 e. The number of aliphatic hydroxyl groups excluding tert-OH is 1. The van der Waals surface area contributed by atoms with Crippen LogP contribution in [0.3, 0.4) is 0 Å². The van der Waals surface area contributed by atoms with E-state index in [2.05, 4.69) is 4.98 Å². The SMILES string of the molecule is COc1ccccc1C(O)c1cccnc1OC. The largest absolute Gasteiger partial charge is 0.496 e. The molecule has 1 atom stereocenters. The third-order valence-corrected chi connectivity index (χ3v) is 2.72. The second kappa shape index (κ2) is 5.51. The lowest BCUT2D eigenvalue weighted by Gasteiger charge is -2.16. The number of hydrogen-bond acceptors (Lipinski definition) is 4. The van der Waals surface area contributed by atoms with Gasteiger partial charge in [-0.25, -0.2) is 4.98 Å². The van der Waals surface area contributed by atoms with E-state index in [-0.39, 0.29) is 0 Å². The summed E-state index contributed by atoms with van der Waals surface area (Å²) in [7, 11) is 3.10. The number of methoxy groups -OCH3 is 2. The quantitative estimate of drug-likeness (QED) is 0.897. The van der Waals surface area contributed by atoms with Gasteiger partial charge in [0.1, 0.15) is 11.9 Å². The molecule has 18 heavy (non-hydrogen) atoms. The van der Waals surface area contributed by atoms with Gasteiger partial charge in [-0.3, -0.25) is 0 Å². The van der Waals surface area contributed by atoms with Gasteiger partial charge in [-0.15, -0.1) is 0 Å². The van der Waals surface area contributed by atoms with Crippen molar-refractivity contribution >= 4 is 0 Å². The van der Waals surface area contributed by atoms with E-state index in [1.54, 1.807) is 31.5 Å². The monoisotopic (exact) mass is 245 g/mol. The Hall–Kier alpha value is -2.07. The maximum Gasteiger partial charge on any atom is 0.219 e. The minimum atomic E-state index is -0.829. The molecule has 0 bridgehead atoms. The zero-order chi connectivity index (χ0) is 13.0. The molecule has 1 aromatic heterocycles. The van der Waals surface area contributed by atoms with Crippen molar-refractivity contribution in [3.8, 4) is 11.6 Å². The van der Waals surface area contributed by atoms with Gasteiger partial charge in [0, 0.05) is 17.3 Å². The molecule has 2 rings (SSSR count). The van der Waals surface area contributed by atoms with Crippen LogP contribution >= 0.6 is 0 Å². The maximum absolute atomic E-state index is 10.4. The number of hydrogen-bond donors (Lipinski definition) is 1. The van der Waals surface area contributed by atoms with Crippen LogP contribution in [0, 0.1) is 0 Å². The number of ether oxygens (including phenoxy) is 2. The van der Waals surface area contributed by atoms with Gasteiger partial charge in [0.15, 0.2) is 0 Å². The first-order valence-electron chi connectivity index (χ1n) is 5.57. The fourth-order valence-electron chi connectivity index (χ4n) is 1.84. The summed E-state index contributed by atoms with van der Waals surface area (Å²) in [5.74, 6) is 1.05. The number of para-hydroxylation sites is 1. The van der Waals surface area contributed by atoms with Crippen LogP contribution in [0.15, 0.2) is 42.6 Å². The van der Waals surface area contributed by atoms with E-state index in [0.717, 1.165) is 0 Å². The predicted octanol–water partition coefficient (Wildman–Crippen LogP) is 2.18. The third-order valence-electron chi connectivity index (χ3n) is 2.72. The Kier molecular flexibility index (Phi) is 3.79. The molecule has 0 amide bonds. The standard InChI is InChI=1S/C14H15NO3/c1-17-12-8-4-3-6-10(12)13(16)11-7-5-9-15-14(11)18-2/h3-9,13,16H,1-2H3. The Labute approximate surface area is 106 Å². The van der Waals surface area contributed by atoms with E-state index >= 15 is 0 Å². The summed E-state index contributed by atoms with van der Waals surface area (Å²) in [4.78, 5) is 4.08. The van der Waals surface area contributed by atoms with E-state index in [9.17, 15) is 5.11 Å². The Morgan fingerprint density at radius 2 is 1.72 bits per heavy atom. The van der Waals surface area contributed by atoms with E-state index < -0.39 is 6.10 Å². The zero-order valence-corrected chi connectivity index (χ0v) is 10.3. The summed E-state index contributed by atoms with van der Waals surface area (Å²) in [6.45, 7) is 0. The minimum absolute atomic E-state index is 0.413. The number of aromatic nitrogens is 1. The molecule has 0 radical (unpaired) electrons. The average Bonchev–Trinajstić information content (AvgIpc) is 2.46. The van der Waals surface area contributed by atoms with Crippen molar-refractivity contribution in [1.82, 2.24) is 4.98 Å². The van der Waals surface area contributed by atoms with Gasteiger partial charge in [0.25, 0.3) is 0 Å². The van der Waals surface area contributed by atoms with Crippen molar-refractivity contribution in [1.29, 1.82) is 0 Å². The van der Waals surface area contributed by atoms with Gasteiger partial charge >= 0.3 is 0 Å². The highest BCUT2D eigenvalue weighted by Gasteiger charge is 2.19. The fraction of sp³-hybridized carbons (Fsp3) is 0.214. The van der Waals surface area contributed by atoms with Crippen LogP contribution in [-0.2, 0) is 0 Å². The topological polar surface area (TPSA) is 51.6 Å². The molecule has 4 heteroatoms. The molecule has 4 nitrogen and oxygen atoms in total. The van der Waals surface area contributed by atoms with Gasteiger partial charge in [-0.1, -0.05) is 18.2 Å². The summed E-state index contributed by atoms with van der Waals surface area (Å²) in [6.07, 6.45) is 0.793. The Bertz CT molecular complexity index is 480. The van der Waals surface area contributed by atoms with Crippen LogP contribution in [0.4, 0.5) is 0 Å². The molecule has 1 N–H and O–H groups in total. The second-order valence-corrected chi connectivity index (χ2v) is 3.75. The molecule has 0 spiro atoms. The number of aliphatic hydroxyl groups is 1. The summed E-state index contributed by atoms with van der Waals surface area (Å²) in [5, 5.41) is 10.4. The molecule has 0 aliphatic heterocycles. The fourth-order valence-corrected chi connectivity index (χ4v) is 1.84. The van der Waals surface area contributed by atoms with E-state index in [0.29, 0.717) is 22.8 Å². The normalized spacial score (nSPS) is 11.9. The van der Waals surface area contributed by atoms with E-state index in [1.807, 2.05) is 18.2 Å². The molecule has 1 unspecified atom stereocenters. The summed E-state index contributed by atoms with van der Waals surface area (Å²) < 4.78 is 10.4. The van der Waals surface area contributed by atoms with Crippen molar-refractivity contribution in [2.75, 3.05) is 14.2 Å². The Balaban J connectivity index is 2.44. The van der Waals surface area contributed by atoms with Crippen molar-refractivity contribution in [2.24, 2.45) is 0 Å². The number of pyridine rings is 1. The molecular weight excluding hydrogens is 230 g/mol. The molecule has 0 fully saturated rings. The Morgan fingerprint density at radius 1 is 1.00 bits per heavy atom. The molecule has 0 aliphatic rings. The van der Waals surface area contributed by atoms with E-state index in [1.165, 1.54) is 7.11 Å². The third kappa shape index (κ3) is 2.28.